The van der Waals surface area contributed by atoms with E-state index in [2.05, 4.69) is 27.0 Å². The summed E-state index contributed by atoms with van der Waals surface area (Å²) in [5.41, 5.74) is 3.59. The molecule has 0 unspecified atom stereocenters. The molecule has 4 heteroatoms. The average Bonchev–Trinajstić information content (AvgIpc) is 2.92. The second-order valence-corrected chi connectivity index (χ2v) is 5.67. The minimum atomic E-state index is -0.0234. The van der Waals surface area contributed by atoms with E-state index < -0.39 is 0 Å². The zero-order valence-electron chi connectivity index (χ0n) is 11.3. The first-order chi connectivity index (χ1) is 10.1. The average molecular weight is 339 g/mol. The minimum Gasteiger partial charge on any atom is -0.360 e. The van der Waals surface area contributed by atoms with Crippen LogP contribution in [0, 0.1) is 18.3 Å². The molecule has 21 heavy (non-hydrogen) atoms. The molecule has 3 aromatic rings. The fraction of sp³-hybridized carbons (Fsp3) is 0.0588. The second-order valence-electron chi connectivity index (χ2n) is 4.82. The van der Waals surface area contributed by atoms with Gasteiger partial charge in [-0.2, -0.15) is 5.26 Å². The van der Waals surface area contributed by atoms with Gasteiger partial charge < -0.3 is 4.98 Å². The number of nitriles is 1. The first-order valence-electron chi connectivity index (χ1n) is 6.43. The van der Waals surface area contributed by atoms with Crippen molar-refractivity contribution in [2.75, 3.05) is 0 Å². The lowest BCUT2D eigenvalue weighted by Gasteiger charge is -2.06. The highest BCUT2D eigenvalue weighted by Gasteiger charge is 2.17. The van der Waals surface area contributed by atoms with Crippen LogP contribution in [0.25, 0.3) is 10.9 Å². The quantitative estimate of drug-likeness (QED) is 0.706. The molecule has 0 amide bonds. The van der Waals surface area contributed by atoms with Gasteiger partial charge in [0.25, 0.3) is 0 Å². The van der Waals surface area contributed by atoms with Crippen molar-refractivity contribution in [1.29, 1.82) is 5.26 Å². The molecule has 0 aliphatic heterocycles. The van der Waals surface area contributed by atoms with E-state index >= 15 is 0 Å². The van der Waals surface area contributed by atoms with Crippen LogP contribution in [0.5, 0.6) is 0 Å². The predicted octanol–water partition coefficient (Wildman–Crippen LogP) is 4.34. The maximum atomic E-state index is 12.7. The highest BCUT2D eigenvalue weighted by molar-refractivity contribution is 9.10. The molecule has 3 nitrogen and oxygen atoms in total. The number of aromatic amines is 1. The zero-order chi connectivity index (χ0) is 15.0. The number of ketones is 1. The van der Waals surface area contributed by atoms with E-state index in [1.165, 1.54) is 0 Å². The largest absolute Gasteiger partial charge is 0.360 e. The van der Waals surface area contributed by atoms with Gasteiger partial charge in [-0.25, -0.2) is 0 Å². The molecule has 102 valence electrons. The predicted molar refractivity (Wildman–Crippen MR) is 85.3 cm³/mol. The number of hydrogen-bond donors (Lipinski definition) is 1. The molecule has 0 saturated heterocycles. The topological polar surface area (TPSA) is 56.6 Å². The Kier molecular flexibility index (Phi) is 3.36. The number of rotatable bonds is 2. The minimum absolute atomic E-state index is 0.0234. The van der Waals surface area contributed by atoms with Gasteiger partial charge in [-0.3, -0.25) is 4.79 Å². The number of halogens is 1. The van der Waals surface area contributed by atoms with E-state index in [1.807, 2.05) is 31.2 Å². The summed E-state index contributed by atoms with van der Waals surface area (Å²) in [5.74, 6) is -0.0234. The Morgan fingerprint density at radius 1 is 1.24 bits per heavy atom. The molecule has 2 aromatic carbocycles. The summed E-state index contributed by atoms with van der Waals surface area (Å²) < 4.78 is 0.917. The number of aromatic nitrogens is 1. The van der Waals surface area contributed by atoms with Gasteiger partial charge in [0.1, 0.15) is 0 Å². The molecule has 0 saturated carbocycles. The summed E-state index contributed by atoms with van der Waals surface area (Å²) in [6.45, 7) is 1.92. The molecule has 1 aromatic heterocycles. The summed E-state index contributed by atoms with van der Waals surface area (Å²) >= 11 is 3.45. The van der Waals surface area contributed by atoms with Crippen LogP contribution in [0.3, 0.4) is 0 Å². The third-order valence-electron chi connectivity index (χ3n) is 3.57. The van der Waals surface area contributed by atoms with Crippen LogP contribution < -0.4 is 0 Å². The number of H-pyrrole nitrogens is 1. The maximum Gasteiger partial charge on any atom is 0.195 e. The summed E-state index contributed by atoms with van der Waals surface area (Å²) in [7, 11) is 0. The standard InChI is InChI=1S/C17H11BrN2O/c1-10-12(3-2-4-15(10)18)17(21)14-9-20-16-7-11(8-19)5-6-13(14)16/h2-7,9,20H,1H3. The number of fused-ring (bicyclic) bond motifs is 1. The third kappa shape index (κ3) is 2.26. The van der Waals surface area contributed by atoms with E-state index in [-0.39, 0.29) is 5.78 Å². The van der Waals surface area contributed by atoms with Gasteiger partial charge in [-0.1, -0.05) is 34.1 Å². The van der Waals surface area contributed by atoms with Gasteiger partial charge in [-0.15, -0.1) is 0 Å². The molecule has 0 radical (unpaired) electrons. The lowest BCUT2D eigenvalue weighted by Crippen LogP contribution is -2.03. The highest BCUT2D eigenvalue weighted by atomic mass is 79.9. The Morgan fingerprint density at radius 2 is 2.05 bits per heavy atom. The van der Waals surface area contributed by atoms with Gasteiger partial charge in [0, 0.05) is 32.7 Å². The lowest BCUT2D eigenvalue weighted by molar-refractivity contribution is 0.103. The number of hydrogen-bond acceptors (Lipinski definition) is 2. The van der Waals surface area contributed by atoms with Gasteiger partial charge in [0.15, 0.2) is 5.78 Å². The van der Waals surface area contributed by atoms with E-state index in [0.717, 1.165) is 20.9 Å². The third-order valence-corrected chi connectivity index (χ3v) is 4.43. The molecule has 0 aliphatic carbocycles. The van der Waals surface area contributed by atoms with Crippen molar-refractivity contribution in [2.45, 2.75) is 6.92 Å². The Balaban J connectivity index is 2.15. The van der Waals surface area contributed by atoms with Crippen LogP contribution in [0.1, 0.15) is 27.0 Å². The van der Waals surface area contributed by atoms with Crippen molar-refractivity contribution in [3.8, 4) is 6.07 Å². The van der Waals surface area contributed by atoms with Gasteiger partial charge in [0.2, 0.25) is 0 Å². The summed E-state index contributed by atoms with van der Waals surface area (Å²) in [6.07, 6.45) is 1.70. The van der Waals surface area contributed by atoms with Crippen molar-refractivity contribution in [3.63, 3.8) is 0 Å². The van der Waals surface area contributed by atoms with Crippen LogP contribution in [0.4, 0.5) is 0 Å². The molecule has 0 aliphatic rings. The Labute approximate surface area is 130 Å². The van der Waals surface area contributed by atoms with Crippen LogP contribution >= 0.6 is 15.9 Å². The first kappa shape index (κ1) is 13.6. The number of nitrogens with zero attached hydrogens (tertiary/aromatic N) is 1. The molecular weight excluding hydrogens is 328 g/mol. The highest BCUT2D eigenvalue weighted by Crippen LogP contribution is 2.26. The smallest absolute Gasteiger partial charge is 0.195 e. The van der Waals surface area contributed by atoms with Crippen molar-refractivity contribution in [3.05, 3.63) is 69.3 Å². The van der Waals surface area contributed by atoms with Gasteiger partial charge in [0.05, 0.1) is 11.6 Å². The molecule has 1 heterocycles. The molecule has 0 fully saturated rings. The molecule has 0 atom stereocenters. The monoisotopic (exact) mass is 338 g/mol. The van der Waals surface area contributed by atoms with Crippen molar-refractivity contribution >= 4 is 32.6 Å². The van der Waals surface area contributed by atoms with Gasteiger partial charge in [-0.05, 0) is 30.7 Å². The fourth-order valence-corrected chi connectivity index (χ4v) is 2.75. The number of carbonyl (C=O) groups is 1. The molecule has 1 N–H and O–H groups in total. The van der Waals surface area contributed by atoms with Crippen molar-refractivity contribution in [2.24, 2.45) is 0 Å². The van der Waals surface area contributed by atoms with Crippen molar-refractivity contribution < 1.29 is 4.79 Å². The van der Waals surface area contributed by atoms with Gasteiger partial charge >= 0.3 is 0 Å². The molecule has 3 rings (SSSR count). The van der Waals surface area contributed by atoms with Crippen LogP contribution in [-0.4, -0.2) is 10.8 Å². The van der Waals surface area contributed by atoms with Crippen LogP contribution in [-0.2, 0) is 0 Å². The lowest BCUT2D eigenvalue weighted by atomic mass is 9.98. The van der Waals surface area contributed by atoms with Crippen LogP contribution in [0.15, 0.2) is 47.1 Å². The SMILES string of the molecule is Cc1c(Br)cccc1C(=O)c1c[nH]c2cc(C#N)ccc12. The maximum absolute atomic E-state index is 12.7. The Hall–Kier alpha value is -2.38. The fourth-order valence-electron chi connectivity index (χ4n) is 2.38. The first-order valence-corrected chi connectivity index (χ1v) is 7.22. The summed E-state index contributed by atoms with van der Waals surface area (Å²) in [6, 6.07) is 13.0. The van der Waals surface area contributed by atoms with E-state index in [1.54, 1.807) is 18.3 Å². The normalized spacial score (nSPS) is 10.5. The molecule has 0 spiro atoms. The number of nitrogens with one attached hydrogen (secondary N) is 1. The second kappa shape index (κ2) is 5.19. The Morgan fingerprint density at radius 3 is 2.81 bits per heavy atom. The number of benzene rings is 2. The van der Waals surface area contributed by atoms with E-state index in [9.17, 15) is 4.79 Å². The molecular formula is C17H11BrN2O. The van der Waals surface area contributed by atoms with Crippen LogP contribution in [0.2, 0.25) is 0 Å². The Bertz CT molecular complexity index is 903. The number of carbonyl (C=O) groups excluding carboxylic acids is 1. The van der Waals surface area contributed by atoms with Crippen molar-refractivity contribution in [1.82, 2.24) is 4.98 Å². The molecule has 0 bridgehead atoms. The van der Waals surface area contributed by atoms with E-state index in [4.69, 9.17) is 5.26 Å². The van der Waals surface area contributed by atoms with E-state index in [0.29, 0.717) is 16.7 Å². The summed E-state index contributed by atoms with van der Waals surface area (Å²) in [4.78, 5) is 15.8. The zero-order valence-corrected chi connectivity index (χ0v) is 12.9. The summed E-state index contributed by atoms with van der Waals surface area (Å²) in [5, 5.41) is 9.75.